The molecule has 0 amide bonds. The van der Waals surface area contributed by atoms with E-state index in [2.05, 4.69) is 0 Å². The summed E-state index contributed by atoms with van der Waals surface area (Å²) in [7, 11) is 0. The minimum Gasteiger partial charge on any atom is -0.485 e. The van der Waals surface area contributed by atoms with Crippen molar-refractivity contribution in [3.8, 4) is 5.75 Å². The van der Waals surface area contributed by atoms with Crippen LogP contribution in [-0.2, 0) is 6.42 Å². The van der Waals surface area contributed by atoms with Crippen LogP contribution in [0, 0.1) is 5.82 Å². The fourth-order valence-electron chi connectivity index (χ4n) is 1.28. The lowest BCUT2D eigenvalue weighted by atomic mass is 10.1. The van der Waals surface area contributed by atoms with Crippen LogP contribution in [0.2, 0.25) is 0 Å². The Morgan fingerprint density at radius 2 is 2.00 bits per heavy atom. The van der Waals surface area contributed by atoms with Crippen molar-refractivity contribution in [1.82, 2.24) is 0 Å². The molecular weight excluding hydrogens is 193 g/mol. The van der Waals surface area contributed by atoms with Crippen LogP contribution in [0.4, 0.5) is 4.39 Å². The molecule has 1 aromatic carbocycles. The van der Waals surface area contributed by atoms with Crippen molar-refractivity contribution in [1.29, 1.82) is 0 Å². The highest BCUT2D eigenvalue weighted by molar-refractivity contribution is 5.30. The van der Waals surface area contributed by atoms with E-state index in [-0.39, 0.29) is 11.4 Å². The van der Waals surface area contributed by atoms with E-state index in [4.69, 9.17) is 10.5 Å². The molecule has 0 aromatic heterocycles. The van der Waals surface area contributed by atoms with Crippen molar-refractivity contribution >= 4 is 0 Å². The summed E-state index contributed by atoms with van der Waals surface area (Å²) in [6, 6.07) is 4.98. The molecule has 0 unspecified atom stereocenters. The van der Waals surface area contributed by atoms with Crippen LogP contribution >= 0.6 is 0 Å². The first-order valence-corrected chi connectivity index (χ1v) is 5.10. The number of benzene rings is 1. The van der Waals surface area contributed by atoms with Gasteiger partial charge in [0, 0.05) is 0 Å². The Balaban J connectivity index is 2.84. The minimum absolute atomic E-state index is 0.295. The largest absolute Gasteiger partial charge is 0.485 e. The van der Waals surface area contributed by atoms with Gasteiger partial charge in [-0.2, -0.15) is 0 Å². The molecule has 0 aliphatic heterocycles. The lowest BCUT2D eigenvalue weighted by molar-refractivity contribution is 0.124. The molecule has 0 heterocycles. The van der Waals surface area contributed by atoms with Gasteiger partial charge >= 0.3 is 0 Å². The van der Waals surface area contributed by atoms with Gasteiger partial charge in [0.1, 0.15) is 5.60 Å². The van der Waals surface area contributed by atoms with Crippen LogP contribution in [0.5, 0.6) is 5.75 Å². The molecule has 0 aliphatic rings. The number of hydrogen-bond donors (Lipinski definition) is 1. The van der Waals surface area contributed by atoms with E-state index < -0.39 is 0 Å². The van der Waals surface area contributed by atoms with E-state index in [1.807, 2.05) is 26.8 Å². The van der Waals surface area contributed by atoms with Gasteiger partial charge in [-0.3, -0.25) is 0 Å². The lowest BCUT2D eigenvalue weighted by Gasteiger charge is -2.21. The van der Waals surface area contributed by atoms with Gasteiger partial charge < -0.3 is 10.5 Å². The molecule has 0 saturated heterocycles. The molecule has 0 bridgehead atoms. The Bertz CT molecular complexity index is 331. The summed E-state index contributed by atoms with van der Waals surface area (Å²) in [5.74, 6) is -0.0286. The van der Waals surface area contributed by atoms with Crippen molar-refractivity contribution in [2.75, 3.05) is 6.54 Å². The molecule has 3 heteroatoms. The summed E-state index contributed by atoms with van der Waals surface area (Å²) in [6.45, 7) is 6.19. The van der Waals surface area contributed by atoms with Crippen molar-refractivity contribution in [3.05, 3.63) is 29.6 Å². The predicted molar refractivity (Wildman–Crippen MR) is 59.5 cm³/mol. The third-order valence-electron chi connectivity index (χ3n) is 1.85. The van der Waals surface area contributed by atoms with E-state index in [1.54, 1.807) is 6.07 Å². The third-order valence-corrected chi connectivity index (χ3v) is 1.85. The monoisotopic (exact) mass is 211 g/mol. The predicted octanol–water partition coefficient (Wildman–Crippen LogP) is 2.50. The number of nitrogens with two attached hydrogens (primary N) is 1. The smallest absolute Gasteiger partial charge is 0.165 e. The first-order chi connectivity index (χ1) is 6.92. The first kappa shape index (κ1) is 12.0. The molecule has 84 valence electrons. The van der Waals surface area contributed by atoms with Crippen molar-refractivity contribution < 1.29 is 9.13 Å². The zero-order chi connectivity index (χ0) is 11.5. The second kappa shape index (κ2) is 4.62. The van der Waals surface area contributed by atoms with Gasteiger partial charge in [-0.25, -0.2) is 4.39 Å². The van der Waals surface area contributed by atoms with E-state index in [0.29, 0.717) is 18.7 Å². The average Bonchev–Trinajstić information content (AvgIpc) is 2.08. The van der Waals surface area contributed by atoms with Crippen molar-refractivity contribution in [3.63, 3.8) is 0 Å². The summed E-state index contributed by atoms with van der Waals surface area (Å²) in [5.41, 5.74) is 5.92. The molecule has 0 saturated carbocycles. The maximum atomic E-state index is 13.5. The van der Waals surface area contributed by atoms with Gasteiger partial charge in [-0.15, -0.1) is 0 Å². The molecule has 0 aliphatic carbocycles. The molecule has 0 radical (unpaired) electrons. The quantitative estimate of drug-likeness (QED) is 0.833. The molecule has 15 heavy (non-hydrogen) atoms. The van der Waals surface area contributed by atoms with Crippen LogP contribution in [0.15, 0.2) is 18.2 Å². The highest BCUT2D eigenvalue weighted by Crippen LogP contribution is 2.22. The highest BCUT2D eigenvalue weighted by atomic mass is 19.1. The lowest BCUT2D eigenvalue weighted by Crippen LogP contribution is -2.23. The molecule has 2 nitrogen and oxygen atoms in total. The molecule has 0 fully saturated rings. The molecule has 1 rings (SSSR count). The van der Waals surface area contributed by atoms with Gasteiger partial charge in [-0.05, 0) is 51.4 Å². The van der Waals surface area contributed by atoms with Gasteiger partial charge in [0.25, 0.3) is 0 Å². The van der Waals surface area contributed by atoms with Crippen molar-refractivity contribution in [2.24, 2.45) is 5.73 Å². The van der Waals surface area contributed by atoms with Gasteiger partial charge in [-0.1, -0.05) is 6.07 Å². The van der Waals surface area contributed by atoms with Crippen LogP contribution in [-0.4, -0.2) is 12.1 Å². The summed E-state index contributed by atoms with van der Waals surface area (Å²) < 4.78 is 19.0. The molecule has 0 spiro atoms. The Kier molecular flexibility index (Phi) is 3.69. The Hall–Kier alpha value is -1.09. The topological polar surface area (TPSA) is 35.2 Å². The maximum absolute atomic E-state index is 13.5. The van der Waals surface area contributed by atoms with Gasteiger partial charge in [0.15, 0.2) is 11.6 Å². The summed E-state index contributed by atoms with van der Waals surface area (Å²) in [4.78, 5) is 0. The SMILES string of the molecule is CC(C)(C)Oc1ccc(CCN)cc1F. The third kappa shape index (κ3) is 3.88. The first-order valence-electron chi connectivity index (χ1n) is 5.10. The number of hydrogen-bond acceptors (Lipinski definition) is 2. The average molecular weight is 211 g/mol. The molecular formula is C12H18FNO. The summed E-state index contributed by atoms with van der Waals surface area (Å²) in [5, 5.41) is 0. The van der Waals surface area contributed by atoms with Crippen LogP contribution in [0.3, 0.4) is 0 Å². The summed E-state index contributed by atoms with van der Waals surface area (Å²) in [6.07, 6.45) is 0.687. The Morgan fingerprint density at radius 1 is 1.33 bits per heavy atom. The standard InChI is InChI=1S/C12H18FNO/c1-12(2,3)15-11-5-4-9(6-7-14)8-10(11)13/h4-5,8H,6-7,14H2,1-3H3. The Labute approximate surface area is 90.2 Å². The fourth-order valence-corrected chi connectivity index (χ4v) is 1.28. The minimum atomic E-state index is -0.379. The highest BCUT2D eigenvalue weighted by Gasteiger charge is 2.14. The zero-order valence-electron chi connectivity index (χ0n) is 9.51. The number of rotatable bonds is 3. The van der Waals surface area contributed by atoms with Crippen LogP contribution in [0.1, 0.15) is 26.3 Å². The zero-order valence-corrected chi connectivity index (χ0v) is 9.51. The second-order valence-corrected chi connectivity index (χ2v) is 4.52. The van der Waals surface area contributed by atoms with Gasteiger partial charge in [0.05, 0.1) is 0 Å². The van der Waals surface area contributed by atoms with Crippen molar-refractivity contribution in [2.45, 2.75) is 32.8 Å². The molecule has 1 aromatic rings. The van der Waals surface area contributed by atoms with Crippen LogP contribution in [0.25, 0.3) is 0 Å². The fraction of sp³-hybridized carbons (Fsp3) is 0.500. The van der Waals surface area contributed by atoms with Gasteiger partial charge in [0.2, 0.25) is 0 Å². The van der Waals surface area contributed by atoms with E-state index >= 15 is 0 Å². The number of ether oxygens (including phenoxy) is 1. The number of halogens is 1. The normalized spacial score (nSPS) is 11.5. The van der Waals surface area contributed by atoms with E-state index in [9.17, 15) is 4.39 Å². The molecule has 2 N–H and O–H groups in total. The maximum Gasteiger partial charge on any atom is 0.165 e. The Morgan fingerprint density at radius 3 is 2.47 bits per heavy atom. The summed E-state index contributed by atoms with van der Waals surface area (Å²) >= 11 is 0. The van der Waals surface area contributed by atoms with E-state index in [1.165, 1.54) is 6.07 Å². The second-order valence-electron chi connectivity index (χ2n) is 4.52. The molecule has 0 atom stereocenters. The van der Waals surface area contributed by atoms with Crippen LogP contribution < -0.4 is 10.5 Å². The van der Waals surface area contributed by atoms with E-state index in [0.717, 1.165) is 5.56 Å².